The second-order valence-corrected chi connectivity index (χ2v) is 7.24. The summed E-state index contributed by atoms with van der Waals surface area (Å²) in [4.78, 5) is 22.9. The minimum Gasteiger partial charge on any atom is -0.462 e. The van der Waals surface area contributed by atoms with Gasteiger partial charge in [0.25, 0.3) is 0 Å². The van der Waals surface area contributed by atoms with Crippen molar-refractivity contribution < 1.29 is 27.9 Å². The van der Waals surface area contributed by atoms with Crippen molar-refractivity contribution in [3.05, 3.63) is 24.3 Å². The van der Waals surface area contributed by atoms with Gasteiger partial charge in [0, 0.05) is 12.6 Å². The van der Waals surface area contributed by atoms with Crippen LogP contribution in [0, 0.1) is 0 Å². The van der Waals surface area contributed by atoms with E-state index in [1.807, 2.05) is 0 Å². The van der Waals surface area contributed by atoms with Gasteiger partial charge < -0.3 is 14.6 Å². The molecule has 1 aromatic carbocycles. The molecule has 2 atom stereocenters. The number of hydrogen-bond acceptors (Lipinski definition) is 6. The zero-order valence-electron chi connectivity index (χ0n) is 15.1. The maximum atomic E-state index is 12.8. The molecule has 0 saturated carbocycles. The Balaban J connectivity index is 2.82. The van der Waals surface area contributed by atoms with Crippen LogP contribution in [0.15, 0.2) is 24.3 Å². The Morgan fingerprint density at radius 1 is 1.16 bits per heavy atom. The predicted molar refractivity (Wildman–Crippen MR) is 94.4 cm³/mol. The molecule has 0 aliphatic carbocycles. The van der Waals surface area contributed by atoms with Gasteiger partial charge in [-0.2, -0.15) is 5.09 Å². The Morgan fingerprint density at radius 3 is 2.24 bits per heavy atom. The summed E-state index contributed by atoms with van der Waals surface area (Å²) in [5.41, 5.74) is 0.577. The smallest absolute Gasteiger partial charge is 0.459 e. The van der Waals surface area contributed by atoms with Crippen LogP contribution in [0.5, 0.6) is 5.75 Å². The van der Waals surface area contributed by atoms with Crippen LogP contribution in [0.3, 0.4) is 0 Å². The topological polar surface area (TPSA) is 103 Å². The van der Waals surface area contributed by atoms with E-state index in [0.717, 1.165) is 0 Å². The maximum absolute atomic E-state index is 12.8. The van der Waals surface area contributed by atoms with Crippen molar-refractivity contribution in [1.82, 2.24) is 5.09 Å². The predicted octanol–water partition coefficient (Wildman–Crippen LogP) is 3.10. The number of carbonyl (C=O) groups excluding carboxylic acids is 2. The van der Waals surface area contributed by atoms with E-state index in [9.17, 15) is 14.2 Å². The molecule has 1 amide bonds. The quantitative estimate of drug-likeness (QED) is 0.507. The van der Waals surface area contributed by atoms with Gasteiger partial charge in [0.1, 0.15) is 11.8 Å². The van der Waals surface area contributed by atoms with Gasteiger partial charge in [0.2, 0.25) is 5.91 Å². The second-order valence-electron chi connectivity index (χ2n) is 5.55. The summed E-state index contributed by atoms with van der Waals surface area (Å²) in [6.45, 7) is 8.14. The number of hydrogen-bond donors (Lipinski definition) is 2. The molecule has 8 nitrogen and oxygen atoms in total. The third kappa shape index (κ3) is 7.69. The van der Waals surface area contributed by atoms with Crippen molar-refractivity contribution in [1.29, 1.82) is 0 Å². The van der Waals surface area contributed by atoms with Crippen LogP contribution in [-0.2, 0) is 23.4 Å². The molecule has 0 bridgehead atoms. The summed E-state index contributed by atoms with van der Waals surface area (Å²) in [5, 5.41) is 5.18. The lowest BCUT2D eigenvalue weighted by Gasteiger charge is -2.23. The van der Waals surface area contributed by atoms with Gasteiger partial charge >= 0.3 is 13.7 Å². The molecule has 0 radical (unpaired) electrons. The lowest BCUT2D eigenvalue weighted by molar-refractivity contribution is -0.149. The van der Waals surface area contributed by atoms with E-state index in [4.69, 9.17) is 13.8 Å². The normalized spacial score (nSPS) is 14.5. The Labute approximate surface area is 147 Å². The van der Waals surface area contributed by atoms with Crippen molar-refractivity contribution in [2.75, 3.05) is 11.9 Å². The van der Waals surface area contributed by atoms with Crippen LogP contribution in [0.25, 0.3) is 0 Å². The van der Waals surface area contributed by atoms with Crippen LogP contribution in [-0.4, -0.2) is 30.6 Å². The van der Waals surface area contributed by atoms with Gasteiger partial charge in [-0.1, -0.05) is 0 Å². The number of esters is 1. The van der Waals surface area contributed by atoms with Crippen molar-refractivity contribution >= 4 is 25.3 Å². The van der Waals surface area contributed by atoms with Crippen LogP contribution >= 0.6 is 7.75 Å². The number of ether oxygens (including phenoxy) is 1. The third-order valence-electron chi connectivity index (χ3n) is 2.76. The minimum atomic E-state index is -3.78. The van der Waals surface area contributed by atoms with Gasteiger partial charge in [-0.3, -0.25) is 14.1 Å². The molecule has 0 fully saturated rings. The van der Waals surface area contributed by atoms with E-state index in [0.29, 0.717) is 5.69 Å². The van der Waals surface area contributed by atoms with Crippen LogP contribution in [0.1, 0.15) is 34.6 Å². The van der Waals surface area contributed by atoms with Crippen molar-refractivity contribution in [2.45, 2.75) is 46.8 Å². The molecule has 0 spiro atoms. The largest absolute Gasteiger partial charge is 0.462 e. The fourth-order valence-electron chi connectivity index (χ4n) is 1.83. The molecule has 0 aliphatic rings. The maximum Gasteiger partial charge on any atom is 0.459 e. The Bertz CT molecular complexity index is 632. The lowest BCUT2D eigenvalue weighted by Crippen LogP contribution is -2.36. The molecule has 0 heterocycles. The summed E-state index contributed by atoms with van der Waals surface area (Å²) in [6, 6.07) is 5.40. The van der Waals surface area contributed by atoms with Gasteiger partial charge in [-0.05, 0) is 52.0 Å². The van der Waals surface area contributed by atoms with Gasteiger partial charge in [0.15, 0.2) is 0 Å². The molecule has 25 heavy (non-hydrogen) atoms. The molecule has 140 valence electrons. The first kappa shape index (κ1) is 21.2. The number of benzene rings is 1. The van der Waals surface area contributed by atoms with Gasteiger partial charge in [-0.25, -0.2) is 4.57 Å². The minimum absolute atomic E-state index is 0.125. The van der Waals surface area contributed by atoms with E-state index in [2.05, 4.69) is 10.4 Å². The Kier molecular flexibility index (Phi) is 8.09. The monoisotopic (exact) mass is 372 g/mol. The number of rotatable bonds is 9. The van der Waals surface area contributed by atoms with E-state index in [1.165, 1.54) is 26.0 Å². The van der Waals surface area contributed by atoms with Crippen molar-refractivity contribution in [3.63, 3.8) is 0 Å². The zero-order valence-corrected chi connectivity index (χ0v) is 16.0. The molecule has 1 unspecified atom stereocenters. The Hall–Kier alpha value is -1.89. The molecular weight excluding hydrogens is 347 g/mol. The summed E-state index contributed by atoms with van der Waals surface area (Å²) >= 11 is 0. The van der Waals surface area contributed by atoms with E-state index < -0.39 is 19.8 Å². The van der Waals surface area contributed by atoms with E-state index in [-0.39, 0.29) is 24.4 Å². The first-order valence-corrected chi connectivity index (χ1v) is 9.49. The van der Waals surface area contributed by atoms with E-state index in [1.54, 1.807) is 32.9 Å². The average Bonchev–Trinajstić information content (AvgIpc) is 2.48. The fraction of sp³-hybridized carbons (Fsp3) is 0.500. The zero-order chi connectivity index (χ0) is 19.0. The standard InChI is InChI=1S/C16H25N2O6P/c1-6-22-25(21,18-12(4)16(20)23-11(2)3)24-15-9-7-14(8-10-15)17-13(5)19/h7-12H,6H2,1-5H3,(H,17,19)(H,18,21)/t12-,25?/m0/s1. The summed E-state index contributed by atoms with van der Waals surface area (Å²) in [5.74, 6) is -0.491. The highest BCUT2D eigenvalue weighted by Gasteiger charge is 2.32. The van der Waals surface area contributed by atoms with Gasteiger partial charge in [0.05, 0.1) is 12.7 Å². The molecule has 1 rings (SSSR count). The number of nitrogens with one attached hydrogen (secondary N) is 2. The summed E-state index contributed by atoms with van der Waals surface area (Å²) in [7, 11) is -3.78. The molecule has 0 aromatic heterocycles. The third-order valence-corrected chi connectivity index (χ3v) is 4.51. The molecule has 1 aromatic rings. The van der Waals surface area contributed by atoms with Gasteiger partial charge in [-0.15, -0.1) is 0 Å². The molecular formula is C16H25N2O6P. The molecule has 2 N–H and O–H groups in total. The first-order valence-electron chi connectivity index (χ1n) is 7.95. The molecule has 0 saturated heterocycles. The lowest BCUT2D eigenvalue weighted by atomic mass is 10.3. The second kappa shape index (κ2) is 9.56. The molecule has 0 aliphatic heterocycles. The Morgan fingerprint density at radius 2 is 1.76 bits per heavy atom. The average molecular weight is 372 g/mol. The highest BCUT2D eigenvalue weighted by Crippen LogP contribution is 2.44. The number of carbonyl (C=O) groups is 2. The molecule has 9 heteroatoms. The van der Waals surface area contributed by atoms with Crippen LogP contribution < -0.4 is 14.9 Å². The summed E-state index contributed by atoms with van der Waals surface area (Å²) < 4.78 is 28.5. The summed E-state index contributed by atoms with van der Waals surface area (Å²) in [6.07, 6.45) is -0.287. The fourth-order valence-corrected chi connectivity index (χ4v) is 3.32. The van der Waals surface area contributed by atoms with Crippen LogP contribution in [0.4, 0.5) is 5.69 Å². The SMILES string of the molecule is CCOP(=O)(N[C@@H](C)C(=O)OC(C)C)Oc1ccc(NC(C)=O)cc1. The van der Waals surface area contributed by atoms with E-state index >= 15 is 0 Å². The van der Waals surface area contributed by atoms with Crippen molar-refractivity contribution in [3.8, 4) is 5.75 Å². The first-order chi connectivity index (χ1) is 11.6. The highest BCUT2D eigenvalue weighted by atomic mass is 31.2. The number of anilines is 1. The number of amides is 1. The van der Waals surface area contributed by atoms with Crippen LogP contribution in [0.2, 0.25) is 0 Å². The van der Waals surface area contributed by atoms with Crippen molar-refractivity contribution in [2.24, 2.45) is 0 Å². The highest BCUT2D eigenvalue weighted by molar-refractivity contribution is 7.52.